The lowest BCUT2D eigenvalue weighted by Gasteiger charge is -2.12. The molecule has 0 unspecified atom stereocenters. The van der Waals surface area contributed by atoms with Gasteiger partial charge >= 0.3 is 0 Å². The Balaban J connectivity index is 2.10. The summed E-state index contributed by atoms with van der Waals surface area (Å²) < 4.78 is 2.02. The van der Waals surface area contributed by atoms with Crippen LogP contribution in [0.2, 0.25) is 5.02 Å². The lowest BCUT2D eigenvalue weighted by Crippen LogP contribution is -2.07. The molecule has 1 aromatic heterocycles. The molecule has 0 saturated heterocycles. The topological polar surface area (TPSA) is 37.8 Å². The van der Waals surface area contributed by atoms with Gasteiger partial charge in [0.2, 0.25) is 0 Å². The van der Waals surface area contributed by atoms with Gasteiger partial charge in [-0.15, -0.1) is 0 Å². The highest BCUT2D eigenvalue weighted by atomic mass is 127. The Morgan fingerprint density at radius 1 is 1.38 bits per heavy atom. The lowest BCUT2D eigenvalue weighted by atomic mass is 10.2. The van der Waals surface area contributed by atoms with Crippen molar-refractivity contribution in [3.8, 4) is 11.4 Å². The van der Waals surface area contributed by atoms with E-state index in [0.29, 0.717) is 10.9 Å². The standard InChI is InChI=1S/C15H14BrClIN3/c1-2-19-15-12(18)13(8-3-4-8)20-14(21-15)9-5-6-10(16)11(17)7-9/h5-8H,2-4H2,1H3,(H,19,20,21). The molecule has 0 amide bonds. The predicted molar refractivity (Wildman–Crippen MR) is 99.0 cm³/mol. The summed E-state index contributed by atoms with van der Waals surface area (Å²) in [6, 6.07) is 5.83. The van der Waals surface area contributed by atoms with Crippen molar-refractivity contribution in [2.75, 3.05) is 11.9 Å². The quantitative estimate of drug-likeness (QED) is 0.592. The first-order chi connectivity index (χ1) is 10.1. The molecule has 1 aromatic carbocycles. The molecule has 0 aliphatic heterocycles. The van der Waals surface area contributed by atoms with Crippen molar-refractivity contribution >= 4 is 55.9 Å². The number of hydrogen-bond donors (Lipinski definition) is 1. The zero-order chi connectivity index (χ0) is 15.0. The second-order valence-electron chi connectivity index (χ2n) is 5.03. The van der Waals surface area contributed by atoms with E-state index in [1.807, 2.05) is 18.2 Å². The van der Waals surface area contributed by atoms with Crippen LogP contribution in [0.1, 0.15) is 31.4 Å². The Morgan fingerprint density at radius 2 is 2.14 bits per heavy atom. The second-order valence-corrected chi connectivity index (χ2v) is 7.37. The van der Waals surface area contributed by atoms with E-state index >= 15 is 0 Å². The molecule has 1 heterocycles. The molecule has 0 atom stereocenters. The maximum atomic E-state index is 6.19. The first-order valence-electron chi connectivity index (χ1n) is 6.87. The number of aromatic nitrogens is 2. The molecule has 3 rings (SSSR count). The highest BCUT2D eigenvalue weighted by Crippen LogP contribution is 2.43. The molecule has 0 bridgehead atoms. The van der Waals surface area contributed by atoms with Gasteiger partial charge < -0.3 is 5.32 Å². The number of rotatable bonds is 4. The number of benzene rings is 1. The molecule has 21 heavy (non-hydrogen) atoms. The molecule has 0 spiro atoms. The molecule has 0 radical (unpaired) electrons. The number of halogens is 3. The summed E-state index contributed by atoms with van der Waals surface area (Å²) in [6.07, 6.45) is 2.44. The van der Waals surface area contributed by atoms with Gasteiger partial charge in [0.1, 0.15) is 5.82 Å². The van der Waals surface area contributed by atoms with E-state index in [1.54, 1.807) is 0 Å². The summed E-state index contributed by atoms with van der Waals surface area (Å²) in [6.45, 7) is 2.92. The molecule has 1 N–H and O–H groups in total. The summed E-state index contributed by atoms with van der Waals surface area (Å²) in [4.78, 5) is 9.46. The number of nitrogens with zero attached hydrogens (tertiary/aromatic N) is 2. The maximum Gasteiger partial charge on any atom is 0.161 e. The van der Waals surface area contributed by atoms with Crippen molar-refractivity contribution in [2.24, 2.45) is 0 Å². The SMILES string of the molecule is CCNc1nc(-c2ccc(Br)c(Cl)c2)nc(C2CC2)c1I. The second kappa shape index (κ2) is 6.38. The Hall–Kier alpha value is -0.400. The van der Waals surface area contributed by atoms with Gasteiger partial charge in [0.15, 0.2) is 5.82 Å². The van der Waals surface area contributed by atoms with E-state index in [2.05, 4.69) is 55.7 Å². The van der Waals surface area contributed by atoms with Gasteiger partial charge in [-0.25, -0.2) is 9.97 Å². The Morgan fingerprint density at radius 3 is 2.76 bits per heavy atom. The van der Waals surface area contributed by atoms with Gasteiger partial charge in [-0.2, -0.15) is 0 Å². The highest BCUT2D eigenvalue weighted by molar-refractivity contribution is 14.1. The van der Waals surface area contributed by atoms with Crippen LogP contribution in [0.5, 0.6) is 0 Å². The fraction of sp³-hybridized carbons (Fsp3) is 0.333. The van der Waals surface area contributed by atoms with Gasteiger partial charge in [-0.1, -0.05) is 11.6 Å². The van der Waals surface area contributed by atoms with Gasteiger partial charge in [0, 0.05) is 22.5 Å². The third kappa shape index (κ3) is 3.35. The smallest absolute Gasteiger partial charge is 0.161 e. The molecule has 1 aliphatic rings. The highest BCUT2D eigenvalue weighted by Gasteiger charge is 2.29. The zero-order valence-corrected chi connectivity index (χ0v) is 16.0. The number of hydrogen-bond acceptors (Lipinski definition) is 3. The fourth-order valence-corrected chi connectivity index (χ4v) is 3.44. The molecule has 6 heteroatoms. The molecule has 1 aliphatic carbocycles. The van der Waals surface area contributed by atoms with Gasteiger partial charge in [-0.05, 0) is 76.5 Å². The summed E-state index contributed by atoms with van der Waals surface area (Å²) in [5, 5.41) is 4.01. The van der Waals surface area contributed by atoms with E-state index < -0.39 is 0 Å². The predicted octanol–water partition coefficient (Wildman–Crippen LogP) is 5.47. The molecule has 1 fully saturated rings. The molecule has 3 nitrogen and oxygen atoms in total. The van der Waals surface area contributed by atoms with E-state index in [9.17, 15) is 0 Å². The molecule has 1 saturated carbocycles. The molecule has 2 aromatic rings. The maximum absolute atomic E-state index is 6.19. The van der Waals surface area contributed by atoms with Crippen LogP contribution >= 0.6 is 50.1 Å². The molecular weight excluding hydrogens is 464 g/mol. The summed E-state index contributed by atoms with van der Waals surface area (Å²) in [5.41, 5.74) is 2.11. The van der Waals surface area contributed by atoms with Crippen LogP contribution in [0.15, 0.2) is 22.7 Å². The normalized spacial score (nSPS) is 14.3. The van der Waals surface area contributed by atoms with Gasteiger partial charge in [0.05, 0.1) is 14.3 Å². The van der Waals surface area contributed by atoms with Crippen molar-refractivity contribution in [3.63, 3.8) is 0 Å². The lowest BCUT2D eigenvalue weighted by molar-refractivity contribution is 0.972. The van der Waals surface area contributed by atoms with Crippen molar-refractivity contribution in [1.82, 2.24) is 9.97 Å². The van der Waals surface area contributed by atoms with E-state index in [4.69, 9.17) is 16.6 Å². The first-order valence-corrected chi connectivity index (χ1v) is 9.11. The molecule has 110 valence electrons. The fourth-order valence-electron chi connectivity index (χ4n) is 2.14. The third-order valence-corrected chi connectivity index (χ3v) is 5.66. The van der Waals surface area contributed by atoms with Crippen LogP contribution in [0.25, 0.3) is 11.4 Å². The van der Waals surface area contributed by atoms with E-state index in [-0.39, 0.29) is 0 Å². The summed E-state index contributed by atoms with van der Waals surface area (Å²) in [5.74, 6) is 2.24. The Labute approximate surface area is 151 Å². The Kier molecular flexibility index (Phi) is 4.71. The molecular formula is C15H14BrClIN3. The Bertz CT molecular complexity index is 689. The number of nitrogens with one attached hydrogen (secondary N) is 1. The van der Waals surface area contributed by atoms with Crippen molar-refractivity contribution in [2.45, 2.75) is 25.7 Å². The van der Waals surface area contributed by atoms with Crippen molar-refractivity contribution < 1.29 is 0 Å². The van der Waals surface area contributed by atoms with Crippen molar-refractivity contribution in [1.29, 1.82) is 0 Å². The van der Waals surface area contributed by atoms with E-state index in [1.165, 1.54) is 12.8 Å². The largest absolute Gasteiger partial charge is 0.369 e. The average molecular weight is 479 g/mol. The van der Waals surface area contributed by atoms with Gasteiger partial charge in [0.25, 0.3) is 0 Å². The van der Waals surface area contributed by atoms with Crippen molar-refractivity contribution in [3.05, 3.63) is 37.0 Å². The van der Waals surface area contributed by atoms with Crippen LogP contribution in [0.3, 0.4) is 0 Å². The van der Waals surface area contributed by atoms with Crippen LogP contribution in [0, 0.1) is 3.57 Å². The zero-order valence-electron chi connectivity index (χ0n) is 11.5. The van der Waals surface area contributed by atoms with E-state index in [0.717, 1.165) is 37.5 Å². The van der Waals surface area contributed by atoms with Crippen LogP contribution in [0.4, 0.5) is 5.82 Å². The van der Waals surface area contributed by atoms with Crippen LogP contribution < -0.4 is 5.32 Å². The first kappa shape index (κ1) is 15.5. The summed E-state index contributed by atoms with van der Waals surface area (Å²) in [7, 11) is 0. The number of anilines is 1. The monoisotopic (exact) mass is 477 g/mol. The third-order valence-electron chi connectivity index (χ3n) is 3.36. The minimum atomic E-state index is 0.585. The van der Waals surface area contributed by atoms with Gasteiger partial charge in [-0.3, -0.25) is 0 Å². The van der Waals surface area contributed by atoms with Crippen LogP contribution in [-0.2, 0) is 0 Å². The minimum absolute atomic E-state index is 0.585. The summed E-state index contributed by atoms with van der Waals surface area (Å²) >= 11 is 12.0. The average Bonchev–Trinajstić information content (AvgIpc) is 3.29. The minimum Gasteiger partial charge on any atom is -0.369 e. The van der Waals surface area contributed by atoms with Crippen LogP contribution in [-0.4, -0.2) is 16.5 Å².